The van der Waals surface area contributed by atoms with Crippen LogP contribution in [0.5, 0.6) is 0 Å². The number of hydrogen-bond acceptors (Lipinski definition) is 4. The van der Waals surface area contributed by atoms with Crippen molar-refractivity contribution in [3.63, 3.8) is 0 Å². The van der Waals surface area contributed by atoms with Crippen LogP contribution in [0.1, 0.15) is 0 Å². The molecule has 0 spiro atoms. The predicted molar refractivity (Wildman–Crippen MR) is 83.1 cm³/mol. The maximum atomic E-state index is 12.8. The van der Waals surface area contributed by atoms with Gasteiger partial charge in [0.05, 0.1) is 18.6 Å². The number of aromatic nitrogens is 1. The van der Waals surface area contributed by atoms with Gasteiger partial charge in [0, 0.05) is 17.8 Å². The van der Waals surface area contributed by atoms with E-state index in [0.717, 1.165) is 10.5 Å². The van der Waals surface area contributed by atoms with Crippen LogP contribution in [-0.4, -0.2) is 42.7 Å². The lowest BCUT2D eigenvalue weighted by Gasteiger charge is -2.19. The first-order chi connectivity index (χ1) is 11.3. The number of allylic oxidation sites excluding steroid dienone is 1. The Balaban J connectivity index is 2.03. The molecule has 0 saturated heterocycles. The first-order valence-electron chi connectivity index (χ1n) is 6.95. The van der Waals surface area contributed by atoms with Crippen LogP contribution in [0.2, 0.25) is 0 Å². The molecule has 1 aliphatic rings. The molecular weight excluding hydrogens is 343 g/mol. The standard InChI is InChI=1S/C15H12F3N3O2S/c16-15(17,18)13-6-9-21(10-8-19-13)24(22,23)12-5-1-3-11-4-2-7-20-14(11)12/h1-7,9H,8,10H2. The SMILES string of the molecule is O=S(=O)(c1cccc2cccnc12)N1C=CC(C(F)(F)F)=NCC1. The molecule has 1 aliphatic heterocycles. The van der Waals surface area contributed by atoms with Crippen LogP contribution in [0.4, 0.5) is 13.2 Å². The van der Waals surface area contributed by atoms with E-state index in [-0.39, 0.29) is 23.5 Å². The van der Waals surface area contributed by atoms with E-state index in [9.17, 15) is 21.6 Å². The maximum Gasteiger partial charge on any atom is 0.432 e. The van der Waals surface area contributed by atoms with Gasteiger partial charge in [0.2, 0.25) is 0 Å². The van der Waals surface area contributed by atoms with E-state index in [2.05, 4.69) is 9.98 Å². The number of rotatable bonds is 2. The fraction of sp³-hybridized carbons (Fsp3) is 0.200. The van der Waals surface area contributed by atoms with Gasteiger partial charge in [0.15, 0.2) is 0 Å². The molecule has 0 fully saturated rings. The van der Waals surface area contributed by atoms with Gasteiger partial charge in [-0.2, -0.15) is 13.2 Å². The summed E-state index contributed by atoms with van der Waals surface area (Å²) in [5.41, 5.74) is -0.828. The highest BCUT2D eigenvalue weighted by molar-refractivity contribution is 7.89. The van der Waals surface area contributed by atoms with Gasteiger partial charge in [-0.1, -0.05) is 18.2 Å². The molecule has 0 radical (unpaired) electrons. The highest BCUT2D eigenvalue weighted by Gasteiger charge is 2.35. The summed E-state index contributed by atoms with van der Waals surface area (Å²) in [5, 5.41) is 0.629. The molecule has 1 aromatic heterocycles. The summed E-state index contributed by atoms with van der Waals surface area (Å²) in [7, 11) is -4.04. The van der Waals surface area contributed by atoms with E-state index in [0.29, 0.717) is 11.5 Å². The molecule has 2 aromatic rings. The van der Waals surface area contributed by atoms with Crippen LogP contribution in [0.15, 0.2) is 58.7 Å². The van der Waals surface area contributed by atoms with Crippen LogP contribution in [0.3, 0.4) is 0 Å². The van der Waals surface area contributed by atoms with Crippen LogP contribution < -0.4 is 0 Å². The Morgan fingerprint density at radius 2 is 1.88 bits per heavy atom. The number of benzene rings is 1. The number of aliphatic imine (C=N–C) groups is 1. The highest BCUT2D eigenvalue weighted by atomic mass is 32.2. The number of fused-ring (bicyclic) bond motifs is 1. The molecule has 2 heterocycles. The van der Waals surface area contributed by atoms with Crippen molar-refractivity contribution in [2.24, 2.45) is 4.99 Å². The van der Waals surface area contributed by atoms with Gasteiger partial charge < -0.3 is 0 Å². The Labute approximate surface area is 136 Å². The Hall–Kier alpha value is -2.42. The van der Waals surface area contributed by atoms with E-state index >= 15 is 0 Å². The quantitative estimate of drug-likeness (QED) is 0.832. The smallest absolute Gasteiger partial charge is 0.279 e. The minimum atomic E-state index is -4.61. The third-order valence-electron chi connectivity index (χ3n) is 3.47. The minimum absolute atomic E-state index is 0.0549. The average Bonchev–Trinajstić information content (AvgIpc) is 2.80. The largest absolute Gasteiger partial charge is 0.432 e. The van der Waals surface area contributed by atoms with Crippen molar-refractivity contribution < 1.29 is 21.6 Å². The molecule has 0 N–H and O–H groups in total. The van der Waals surface area contributed by atoms with Crippen molar-refractivity contribution in [1.82, 2.24) is 9.29 Å². The van der Waals surface area contributed by atoms with E-state index in [1.54, 1.807) is 24.3 Å². The number of alkyl halides is 3. The molecule has 0 saturated carbocycles. The molecule has 9 heteroatoms. The van der Waals surface area contributed by atoms with E-state index < -0.39 is 21.9 Å². The van der Waals surface area contributed by atoms with Crippen molar-refractivity contribution in [1.29, 1.82) is 0 Å². The fourth-order valence-corrected chi connectivity index (χ4v) is 3.81. The topological polar surface area (TPSA) is 62.6 Å². The van der Waals surface area contributed by atoms with Crippen LogP contribution >= 0.6 is 0 Å². The summed E-state index contributed by atoms with van der Waals surface area (Å²) >= 11 is 0. The van der Waals surface area contributed by atoms with E-state index in [1.807, 2.05) is 0 Å². The summed E-state index contributed by atoms with van der Waals surface area (Å²) in [5.74, 6) is 0. The van der Waals surface area contributed by atoms with Crippen LogP contribution in [0, 0.1) is 0 Å². The number of pyridine rings is 1. The maximum absolute atomic E-state index is 12.8. The molecule has 24 heavy (non-hydrogen) atoms. The van der Waals surface area contributed by atoms with Gasteiger partial charge in [-0.05, 0) is 18.2 Å². The molecule has 3 rings (SSSR count). The third-order valence-corrected chi connectivity index (χ3v) is 5.28. The number of sulfonamides is 1. The first kappa shape index (κ1) is 16.4. The Bertz CT molecular complexity index is 931. The molecule has 5 nitrogen and oxygen atoms in total. The third kappa shape index (κ3) is 2.99. The number of para-hydroxylation sites is 1. The number of nitrogens with zero attached hydrogens (tertiary/aromatic N) is 3. The molecule has 126 valence electrons. The lowest BCUT2D eigenvalue weighted by molar-refractivity contribution is -0.0578. The molecule has 0 amide bonds. The van der Waals surface area contributed by atoms with Gasteiger partial charge in [0.1, 0.15) is 10.6 Å². The highest BCUT2D eigenvalue weighted by Crippen LogP contribution is 2.26. The predicted octanol–water partition coefficient (Wildman–Crippen LogP) is 2.76. The second-order valence-electron chi connectivity index (χ2n) is 5.03. The lowest BCUT2D eigenvalue weighted by Crippen LogP contribution is -2.28. The van der Waals surface area contributed by atoms with Crippen molar-refractivity contribution in [3.05, 3.63) is 48.8 Å². The summed E-state index contributed by atoms with van der Waals surface area (Å²) in [6.07, 6.45) is -1.58. The zero-order chi connectivity index (χ0) is 17.4. The second-order valence-corrected chi connectivity index (χ2v) is 6.89. The van der Waals surface area contributed by atoms with Gasteiger partial charge in [0.25, 0.3) is 10.0 Å². The van der Waals surface area contributed by atoms with Gasteiger partial charge in [-0.15, -0.1) is 0 Å². The fourth-order valence-electron chi connectivity index (χ4n) is 2.35. The monoisotopic (exact) mass is 355 g/mol. The number of halogens is 3. The van der Waals surface area contributed by atoms with Crippen molar-refractivity contribution in [2.75, 3.05) is 13.1 Å². The van der Waals surface area contributed by atoms with Crippen molar-refractivity contribution in [3.8, 4) is 0 Å². The Morgan fingerprint density at radius 1 is 1.12 bits per heavy atom. The van der Waals surface area contributed by atoms with E-state index in [1.165, 1.54) is 12.3 Å². The zero-order valence-electron chi connectivity index (χ0n) is 12.2. The van der Waals surface area contributed by atoms with Crippen LogP contribution in [0.25, 0.3) is 10.9 Å². The molecule has 0 bridgehead atoms. The van der Waals surface area contributed by atoms with Gasteiger partial charge >= 0.3 is 6.18 Å². The van der Waals surface area contributed by atoms with Gasteiger partial charge in [-0.3, -0.25) is 14.3 Å². The number of hydrogen-bond donors (Lipinski definition) is 0. The Kier molecular flexibility index (Phi) is 4.04. The normalized spacial score (nSPS) is 16.1. The molecular formula is C15H12F3N3O2S. The first-order valence-corrected chi connectivity index (χ1v) is 8.39. The van der Waals surface area contributed by atoms with Crippen molar-refractivity contribution >= 4 is 26.6 Å². The minimum Gasteiger partial charge on any atom is -0.279 e. The zero-order valence-corrected chi connectivity index (χ0v) is 13.0. The molecule has 0 atom stereocenters. The summed E-state index contributed by atoms with van der Waals surface area (Å²) < 4.78 is 64.6. The summed E-state index contributed by atoms with van der Waals surface area (Å²) in [4.78, 5) is 7.42. The molecule has 0 unspecified atom stereocenters. The summed E-state index contributed by atoms with van der Waals surface area (Å²) in [6, 6.07) is 8.05. The Morgan fingerprint density at radius 3 is 2.62 bits per heavy atom. The molecule has 0 aliphatic carbocycles. The van der Waals surface area contributed by atoms with Crippen molar-refractivity contribution in [2.45, 2.75) is 11.1 Å². The second kappa shape index (κ2) is 5.90. The average molecular weight is 355 g/mol. The van der Waals surface area contributed by atoms with E-state index in [4.69, 9.17) is 0 Å². The summed E-state index contributed by atoms with van der Waals surface area (Å²) in [6.45, 7) is -0.457. The molecule has 1 aromatic carbocycles. The van der Waals surface area contributed by atoms with Crippen LogP contribution in [-0.2, 0) is 10.0 Å². The lowest BCUT2D eigenvalue weighted by atomic mass is 10.2. The van der Waals surface area contributed by atoms with Gasteiger partial charge in [-0.25, -0.2) is 8.42 Å².